The highest BCUT2D eigenvalue weighted by atomic mass is 16.6. The molecule has 1 aliphatic heterocycles. The molecule has 0 radical (unpaired) electrons. The number of ether oxygens (including phenoxy) is 4. The van der Waals surface area contributed by atoms with E-state index in [0.29, 0.717) is 53.9 Å². The third-order valence-electron chi connectivity index (χ3n) is 6.42. The zero-order chi connectivity index (χ0) is 31.6. The van der Waals surface area contributed by atoms with Gasteiger partial charge in [0, 0.05) is 12.1 Å². The molecule has 0 atom stereocenters. The number of hydrogen-bond donors (Lipinski definition) is 1. The van der Waals surface area contributed by atoms with Crippen LogP contribution in [0.5, 0.6) is 23.0 Å². The van der Waals surface area contributed by atoms with E-state index in [2.05, 4.69) is 5.32 Å². The number of nitrogens with zero attached hydrogens (tertiary/aromatic N) is 2. The van der Waals surface area contributed by atoms with Crippen molar-refractivity contribution < 1.29 is 38.3 Å². The molecule has 0 saturated carbocycles. The fraction of sp³-hybridized carbons (Fsp3) is 0.281. The molecule has 230 valence electrons. The number of nitro groups is 1. The van der Waals surface area contributed by atoms with Crippen LogP contribution in [0.2, 0.25) is 0 Å². The minimum atomic E-state index is -0.827. The van der Waals surface area contributed by atoms with Gasteiger partial charge in [-0.15, -0.1) is 0 Å². The van der Waals surface area contributed by atoms with Gasteiger partial charge in [0.25, 0.3) is 17.5 Å². The van der Waals surface area contributed by atoms with Gasteiger partial charge in [-0.2, -0.15) is 0 Å². The second kappa shape index (κ2) is 14.7. The Balaban J connectivity index is 1.53. The lowest BCUT2D eigenvalue weighted by molar-refractivity contribution is -0.384. The summed E-state index contributed by atoms with van der Waals surface area (Å²) in [5.41, 5.74) is 1.56. The number of rotatable bonds is 14. The molecule has 12 nitrogen and oxygen atoms in total. The Bertz CT molecular complexity index is 1570. The lowest BCUT2D eigenvalue weighted by atomic mass is 10.1. The maximum Gasteiger partial charge on any atom is 0.331 e. The molecule has 1 saturated heterocycles. The van der Waals surface area contributed by atoms with Crippen molar-refractivity contribution in [3.8, 4) is 23.0 Å². The number of carbonyl (C=O) groups is 3. The van der Waals surface area contributed by atoms with Gasteiger partial charge in [-0.1, -0.05) is 19.1 Å². The van der Waals surface area contributed by atoms with Crippen LogP contribution in [0.4, 0.5) is 10.5 Å². The van der Waals surface area contributed by atoms with Crippen molar-refractivity contribution in [2.24, 2.45) is 0 Å². The molecule has 3 aromatic carbocycles. The molecule has 4 rings (SSSR count). The average Bonchev–Trinajstić information content (AvgIpc) is 3.01. The average molecular weight is 604 g/mol. The maximum absolute atomic E-state index is 13.4. The summed E-state index contributed by atoms with van der Waals surface area (Å²) in [7, 11) is 0. The molecule has 4 amide bonds. The zero-order valence-electron chi connectivity index (χ0n) is 24.7. The Morgan fingerprint density at radius 2 is 1.43 bits per heavy atom. The molecule has 3 aromatic rings. The van der Waals surface area contributed by atoms with Crippen LogP contribution in [0, 0.1) is 10.1 Å². The van der Waals surface area contributed by atoms with Crippen molar-refractivity contribution in [1.82, 2.24) is 10.2 Å². The first-order chi connectivity index (χ1) is 21.2. The van der Waals surface area contributed by atoms with Gasteiger partial charge < -0.3 is 18.9 Å². The molecule has 0 spiro atoms. The highest BCUT2D eigenvalue weighted by Gasteiger charge is 2.36. The molecule has 0 aromatic heterocycles. The number of amides is 4. The number of urea groups is 1. The van der Waals surface area contributed by atoms with E-state index in [4.69, 9.17) is 18.9 Å². The van der Waals surface area contributed by atoms with Gasteiger partial charge in [0.15, 0.2) is 23.0 Å². The van der Waals surface area contributed by atoms with E-state index in [0.717, 1.165) is 16.9 Å². The summed E-state index contributed by atoms with van der Waals surface area (Å²) in [6, 6.07) is 15.2. The summed E-state index contributed by atoms with van der Waals surface area (Å²) >= 11 is 0. The predicted molar refractivity (Wildman–Crippen MR) is 161 cm³/mol. The van der Waals surface area contributed by atoms with Crippen molar-refractivity contribution >= 4 is 29.6 Å². The summed E-state index contributed by atoms with van der Waals surface area (Å²) in [6.45, 7) is 6.91. The number of imide groups is 2. The summed E-state index contributed by atoms with van der Waals surface area (Å²) in [6.07, 6.45) is 2.20. The lowest BCUT2D eigenvalue weighted by Gasteiger charge is -2.26. The monoisotopic (exact) mass is 603 g/mol. The van der Waals surface area contributed by atoms with E-state index in [9.17, 15) is 24.5 Å². The van der Waals surface area contributed by atoms with E-state index < -0.39 is 22.8 Å². The van der Waals surface area contributed by atoms with Gasteiger partial charge in [-0.25, -0.2) is 4.79 Å². The number of nitrogens with one attached hydrogen (secondary N) is 1. The standard InChI is InChI=1S/C32H33N3O9/c1-4-15-43-26-14-10-23(18-29(26)42-6-3)19-34-31(37)25(30(36)33-32(34)38)16-22-9-13-27(28(17-22)41-5-2)44-20-21-7-11-24(12-8-21)35(39)40/h7-14,16-18H,4-6,15,19-20H2,1-3H3,(H,33,36,38)/b25-16+. The van der Waals surface area contributed by atoms with Gasteiger partial charge in [0.2, 0.25) is 0 Å². The topological polar surface area (TPSA) is 147 Å². The Morgan fingerprint density at radius 3 is 2.09 bits per heavy atom. The second-order valence-corrected chi connectivity index (χ2v) is 9.62. The smallest absolute Gasteiger partial charge is 0.331 e. The molecule has 1 fully saturated rings. The van der Waals surface area contributed by atoms with Crippen molar-refractivity contribution in [3.63, 3.8) is 0 Å². The maximum atomic E-state index is 13.4. The van der Waals surface area contributed by atoms with Crippen LogP contribution in [0.3, 0.4) is 0 Å². The molecule has 0 unspecified atom stereocenters. The van der Waals surface area contributed by atoms with Crippen molar-refractivity contribution in [2.75, 3.05) is 19.8 Å². The summed E-state index contributed by atoms with van der Waals surface area (Å²) in [5, 5.41) is 13.1. The number of non-ortho nitro benzene ring substituents is 1. The Kier molecular flexibility index (Phi) is 10.5. The van der Waals surface area contributed by atoms with E-state index in [1.807, 2.05) is 13.8 Å². The fourth-order valence-corrected chi connectivity index (χ4v) is 4.31. The van der Waals surface area contributed by atoms with Crippen LogP contribution in [0.25, 0.3) is 6.08 Å². The molecular weight excluding hydrogens is 570 g/mol. The van der Waals surface area contributed by atoms with Crippen LogP contribution in [0.1, 0.15) is 43.9 Å². The molecule has 12 heteroatoms. The Labute approximate surface area is 254 Å². The van der Waals surface area contributed by atoms with Crippen LogP contribution in [-0.4, -0.2) is 47.5 Å². The van der Waals surface area contributed by atoms with E-state index in [-0.39, 0.29) is 24.4 Å². The third-order valence-corrected chi connectivity index (χ3v) is 6.42. The highest BCUT2D eigenvalue weighted by molar-refractivity contribution is 6.31. The van der Waals surface area contributed by atoms with Gasteiger partial charge in [-0.3, -0.25) is 29.9 Å². The highest BCUT2D eigenvalue weighted by Crippen LogP contribution is 2.32. The van der Waals surface area contributed by atoms with Crippen molar-refractivity contribution in [3.05, 3.63) is 93.0 Å². The van der Waals surface area contributed by atoms with E-state index >= 15 is 0 Å². The summed E-state index contributed by atoms with van der Waals surface area (Å²) < 4.78 is 23.0. The van der Waals surface area contributed by atoms with Crippen LogP contribution >= 0.6 is 0 Å². The minimum absolute atomic E-state index is 0.0205. The summed E-state index contributed by atoms with van der Waals surface area (Å²) in [5.74, 6) is 0.266. The minimum Gasteiger partial charge on any atom is -0.490 e. The number of nitro benzene ring substituents is 1. The normalized spacial score (nSPS) is 13.9. The van der Waals surface area contributed by atoms with Gasteiger partial charge in [0.1, 0.15) is 12.2 Å². The molecule has 1 heterocycles. The van der Waals surface area contributed by atoms with E-state index in [1.54, 1.807) is 55.5 Å². The second-order valence-electron chi connectivity index (χ2n) is 9.62. The van der Waals surface area contributed by atoms with Crippen LogP contribution in [0.15, 0.2) is 66.2 Å². The SMILES string of the molecule is CCCOc1ccc(CN2C(=O)NC(=O)/C(=C\c3ccc(OCc4ccc([N+](=O)[O-])cc4)c(OCC)c3)C2=O)cc1OCC. The van der Waals surface area contributed by atoms with Gasteiger partial charge >= 0.3 is 6.03 Å². The Morgan fingerprint density at radius 1 is 0.795 bits per heavy atom. The largest absolute Gasteiger partial charge is 0.490 e. The number of carbonyl (C=O) groups excluding carboxylic acids is 3. The first-order valence-electron chi connectivity index (χ1n) is 14.1. The fourth-order valence-electron chi connectivity index (χ4n) is 4.31. The van der Waals surface area contributed by atoms with Crippen molar-refractivity contribution in [1.29, 1.82) is 0 Å². The molecule has 44 heavy (non-hydrogen) atoms. The molecule has 0 aliphatic carbocycles. The first kappa shape index (κ1) is 31.5. The van der Waals surface area contributed by atoms with E-state index in [1.165, 1.54) is 18.2 Å². The molecule has 1 N–H and O–H groups in total. The van der Waals surface area contributed by atoms with Crippen molar-refractivity contribution in [2.45, 2.75) is 40.3 Å². The predicted octanol–water partition coefficient (Wildman–Crippen LogP) is 5.42. The number of hydrogen-bond acceptors (Lipinski definition) is 9. The first-order valence-corrected chi connectivity index (χ1v) is 14.1. The number of barbiturate groups is 1. The summed E-state index contributed by atoms with van der Waals surface area (Å²) in [4.78, 5) is 50.2. The van der Waals surface area contributed by atoms with Crippen LogP contribution in [-0.2, 0) is 22.7 Å². The number of benzene rings is 3. The quantitative estimate of drug-likeness (QED) is 0.110. The Hall–Kier alpha value is -5.39. The molecule has 1 aliphatic rings. The third kappa shape index (κ3) is 7.71. The van der Waals surface area contributed by atoms with Gasteiger partial charge in [-0.05, 0) is 79.4 Å². The lowest BCUT2D eigenvalue weighted by Crippen LogP contribution is -2.53. The van der Waals surface area contributed by atoms with Crippen LogP contribution < -0.4 is 24.3 Å². The molecule has 0 bridgehead atoms. The van der Waals surface area contributed by atoms with Gasteiger partial charge in [0.05, 0.1) is 31.3 Å². The molecular formula is C32H33N3O9. The zero-order valence-corrected chi connectivity index (χ0v) is 24.7.